The van der Waals surface area contributed by atoms with E-state index in [9.17, 15) is 5.11 Å². The molecule has 3 aromatic carbocycles. The molecule has 6 heteroatoms. The molecule has 0 spiro atoms. The normalized spacial score (nSPS) is 10.5. The minimum Gasteiger partial charge on any atom is -0.508 e. The largest absolute Gasteiger partial charge is 0.508 e. The molecular weight excluding hydrogens is 383 g/mol. The number of ether oxygens (including phenoxy) is 2. The van der Waals surface area contributed by atoms with Crippen molar-refractivity contribution in [3.05, 3.63) is 81.3 Å². The zero-order valence-corrected chi connectivity index (χ0v) is 15.1. The summed E-state index contributed by atoms with van der Waals surface area (Å²) in [6, 6.07) is 17.3. The van der Waals surface area contributed by atoms with Crippen LogP contribution in [-0.4, -0.2) is 5.11 Å². The van der Waals surface area contributed by atoms with E-state index < -0.39 is 0 Å². The average molecular weight is 396 g/mol. The average Bonchev–Trinajstić information content (AvgIpc) is 2.56. The second-order valence-corrected chi connectivity index (χ2v) is 6.48. The van der Waals surface area contributed by atoms with Gasteiger partial charge in [-0.2, -0.15) is 0 Å². The lowest BCUT2D eigenvalue weighted by molar-refractivity contribution is 0.305. The van der Waals surface area contributed by atoms with Crippen LogP contribution in [0.4, 0.5) is 0 Å². The quantitative estimate of drug-likeness (QED) is 0.521. The molecule has 3 nitrogen and oxygen atoms in total. The standard InChI is InChI=1S/C19H13Cl3O3/c20-13-4-6-15(7-5-13)25-16-3-1-2-12(8-16)11-24-19-17(21)9-14(23)10-18(19)22/h1-10,23H,11H2. The molecule has 0 aliphatic heterocycles. The number of benzene rings is 3. The van der Waals surface area contributed by atoms with Gasteiger partial charge in [0.1, 0.15) is 23.9 Å². The van der Waals surface area contributed by atoms with Gasteiger partial charge in [-0.3, -0.25) is 0 Å². The summed E-state index contributed by atoms with van der Waals surface area (Å²) in [5, 5.41) is 10.6. The van der Waals surface area contributed by atoms with E-state index in [0.717, 1.165) is 5.56 Å². The van der Waals surface area contributed by atoms with Crippen LogP contribution in [0.25, 0.3) is 0 Å². The van der Waals surface area contributed by atoms with E-state index in [1.54, 1.807) is 24.3 Å². The van der Waals surface area contributed by atoms with E-state index in [-0.39, 0.29) is 22.4 Å². The Morgan fingerprint density at radius 2 is 1.48 bits per heavy atom. The zero-order chi connectivity index (χ0) is 17.8. The van der Waals surface area contributed by atoms with Gasteiger partial charge in [0, 0.05) is 17.2 Å². The first kappa shape index (κ1) is 17.7. The Balaban J connectivity index is 1.71. The molecule has 0 aliphatic carbocycles. The summed E-state index contributed by atoms with van der Waals surface area (Å²) in [4.78, 5) is 0. The number of rotatable bonds is 5. The lowest BCUT2D eigenvalue weighted by atomic mass is 10.2. The number of halogens is 3. The van der Waals surface area contributed by atoms with Gasteiger partial charge in [-0.05, 0) is 42.0 Å². The number of aromatic hydroxyl groups is 1. The highest BCUT2D eigenvalue weighted by Gasteiger charge is 2.10. The molecule has 0 fully saturated rings. The molecule has 0 bridgehead atoms. The van der Waals surface area contributed by atoms with Gasteiger partial charge in [-0.1, -0.05) is 46.9 Å². The second-order valence-electron chi connectivity index (χ2n) is 5.23. The smallest absolute Gasteiger partial charge is 0.157 e. The fraction of sp³-hybridized carbons (Fsp3) is 0.0526. The third-order valence-electron chi connectivity index (χ3n) is 3.31. The highest BCUT2D eigenvalue weighted by Crippen LogP contribution is 2.37. The van der Waals surface area contributed by atoms with Crippen LogP contribution in [0.1, 0.15) is 5.56 Å². The molecule has 3 rings (SSSR count). The topological polar surface area (TPSA) is 38.7 Å². The molecule has 0 aliphatic rings. The van der Waals surface area contributed by atoms with Crippen molar-refractivity contribution in [3.63, 3.8) is 0 Å². The van der Waals surface area contributed by atoms with Crippen molar-refractivity contribution < 1.29 is 14.6 Å². The fourth-order valence-corrected chi connectivity index (χ4v) is 2.89. The van der Waals surface area contributed by atoms with Crippen molar-refractivity contribution in [3.8, 4) is 23.0 Å². The van der Waals surface area contributed by atoms with Crippen LogP contribution >= 0.6 is 34.8 Å². The first-order valence-corrected chi connectivity index (χ1v) is 8.48. The van der Waals surface area contributed by atoms with Crippen LogP contribution in [0.15, 0.2) is 60.7 Å². The van der Waals surface area contributed by atoms with Crippen molar-refractivity contribution in [2.45, 2.75) is 6.61 Å². The molecule has 0 heterocycles. The van der Waals surface area contributed by atoms with Crippen LogP contribution in [0.3, 0.4) is 0 Å². The molecule has 128 valence electrons. The van der Waals surface area contributed by atoms with Crippen LogP contribution in [0, 0.1) is 0 Å². The number of hydrogen-bond donors (Lipinski definition) is 1. The third-order valence-corrected chi connectivity index (χ3v) is 4.13. The summed E-state index contributed by atoms with van der Waals surface area (Å²) >= 11 is 18.0. The maximum Gasteiger partial charge on any atom is 0.157 e. The zero-order valence-electron chi connectivity index (χ0n) is 12.9. The first-order chi connectivity index (χ1) is 12.0. The maximum atomic E-state index is 9.45. The molecule has 0 saturated heterocycles. The lowest BCUT2D eigenvalue weighted by Crippen LogP contribution is -1.97. The SMILES string of the molecule is Oc1cc(Cl)c(OCc2cccc(Oc3ccc(Cl)cc3)c2)c(Cl)c1. The Morgan fingerprint density at radius 3 is 2.16 bits per heavy atom. The summed E-state index contributed by atoms with van der Waals surface area (Å²) in [5.74, 6) is 1.67. The van der Waals surface area contributed by atoms with Crippen molar-refractivity contribution in [2.75, 3.05) is 0 Å². The molecule has 25 heavy (non-hydrogen) atoms. The number of phenols is 1. The summed E-state index contributed by atoms with van der Waals surface area (Å²) in [5.41, 5.74) is 0.881. The van der Waals surface area contributed by atoms with Crippen molar-refractivity contribution in [2.24, 2.45) is 0 Å². The highest BCUT2D eigenvalue weighted by atomic mass is 35.5. The molecule has 0 radical (unpaired) electrons. The van der Waals surface area contributed by atoms with Gasteiger partial charge in [-0.15, -0.1) is 0 Å². The van der Waals surface area contributed by atoms with E-state index in [1.165, 1.54) is 12.1 Å². The van der Waals surface area contributed by atoms with E-state index in [1.807, 2.05) is 24.3 Å². The van der Waals surface area contributed by atoms with Gasteiger partial charge in [0.2, 0.25) is 0 Å². The van der Waals surface area contributed by atoms with Crippen LogP contribution in [0.2, 0.25) is 15.1 Å². The highest BCUT2D eigenvalue weighted by molar-refractivity contribution is 6.37. The van der Waals surface area contributed by atoms with E-state index >= 15 is 0 Å². The fourth-order valence-electron chi connectivity index (χ4n) is 2.18. The maximum absolute atomic E-state index is 9.45. The van der Waals surface area contributed by atoms with Crippen molar-refractivity contribution >= 4 is 34.8 Å². The Labute approximate surface area is 160 Å². The van der Waals surface area contributed by atoms with Gasteiger partial charge < -0.3 is 14.6 Å². The van der Waals surface area contributed by atoms with E-state index in [0.29, 0.717) is 22.3 Å². The van der Waals surface area contributed by atoms with Gasteiger partial charge >= 0.3 is 0 Å². The minimum atomic E-state index is -0.0132. The van der Waals surface area contributed by atoms with Gasteiger partial charge in [0.25, 0.3) is 0 Å². The third kappa shape index (κ3) is 4.73. The number of phenolic OH excluding ortho intramolecular Hbond substituents is 1. The van der Waals surface area contributed by atoms with Crippen LogP contribution in [-0.2, 0) is 6.61 Å². The molecule has 0 aromatic heterocycles. The molecule has 0 unspecified atom stereocenters. The Bertz CT molecular complexity index is 856. The summed E-state index contributed by atoms with van der Waals surface area (Å²) in [6.07, 6.45) is 0. The molecule has 0 amide bonds. The van der Waals surface area contributed by atoms with E-state index in [4.69, 9.17) is 44.3 Å². The van der Waals surface area contributed by atoms with Crippen molar-refractivity contribution in [1.29, 1.82) is 0 Å². The van der Waals surface area contributed by atoms with Crippen LogP contribution < -0.4 is 9.47 Å². The Morgan fingerprint density at radius 1 is 0.800 bits per heavy atom. The molecule has 0 atom stereocenters. The van der Waals surface area contributed by atoms with Gasteiger partial charge in [0.05, 0.1) is 10.0 Å². The summed E-state index contributed by atoms with van der Waals surface area (Å²) in [6.45, 7) is 0.252. The van der Waals surface area contributed by atoms with Gasteiger partial charge in [-0.25, -0.2) is 0 Å². The predicted molar refractivity (Wildman–Crippen MR) is 100 cm³/mol. The molecular formula is C19H13Cl3O3. The minimum absolute atomic E-state index is 0.0132. The summed E-state index contributed by atoms with van der Waals surface area (Å²) < 4.78 is 11.5. The molecule has 3 aromatic rings. The monoisotopic (exact) mass is 394 g/mol. The first-order valence-electron chi connectivity index (χ1n) is 7.34. The summed E-state index contributed by atoms with van der Waals surface area (Å²) in [7, 11) is 0. The van der Waals surface area contributed by atoms with Gasteiger partial charge in [0.15, 0.2) is 5.75 Å². The molecule has 1 N–H and O–H groups in total. The Kier molecular flexibility index (Phi) is 5.59. The Hall–Kier alpha value is -2.07. The predicted octanol–water partition coefficient (Wildman–Crippen LogP) is 6.72. The van der Waals surface area contributed by atoms with E-state index in [2.05, 4.69) is 0 Å². The lowest BCUT2D eigenvalue weighted by Gasteiger charge is -2.12. The van der Waals surface area contributed by atoms with Crippen LogP contribution in [0.5, 0.6) is 23.0 Å². The molecule has 0 saturated carbocycles. The van der Waals surface area contributed by atoms with Crippen molar-refractivity contribution in [1.82, 2.24) is 0 Å². The second kappa shape index (κ2) is 7.87. The number of hydrogen-bond acceptors (Lipinski definition) is 3.